The fraction of sp³-hybridized carbons (Fsp3) is 0.462. The van der Waals surface area contributed by atoms with Gasteiger partial charge in [-0.2, -0.15) is 4.98 Å². The van der Waals surface area contributed by atoms with Gasteiger partial charge in [-0.15, -0.1) is 0 Å². The molecule has 2 N–H and O–H groups in total. The van der Waals surface area contributed by atoms with Gasteiger partial charge < -0.3 is 20.4 Å². The van der Waals surface area contributed by atoms with E-state index in [9.17, 15) is 4.79 Å². The summed E-state index contributed by atoms with van der Waals surface area (Å²) in [6.07, 6.45) is 2.41. The molecule has 1 aliphatic carbocycles. The number of aromatic nitrogens is 2. The number of anilines is 2. The zero-order valence-corrected chi connectivity index (χ0v) is 19.9. The molecule has 0 spiro atoms. The quantitative estimate of drug-likeness (QED) is 0.578. The maximum absolute atomic E-state index is 12.5. The van der Waals surface area contributed by atoms with Gasteiger partial charge in [0.15, 0.2) is 5.78 Å². The highest BCUT2D eigenvalue weighted by molar-refractivity contribution is 6.03. The monoisotopic (exact) mass is 449 g/mol. The molecule has 33 heavy (non-hydrogen) atoms. The van der Waals surface area contributed by atoms with Crippen molar-refractivity contribution in [3.05, 3.63) is 52.2 Å². The number of morpholine rings is 1. The van der Waals surface area contributed by atoms with Crippen molar-refractivity contribution in [1.29, 1.82) is 5.41 Å². The number of rotatable bonds is 8. The lowest BCUT2D eigenvalue weighted by Crippen LogP contribution is -2.38. The van der Waals surface area contributed by atoms with Crippen LogP contribution in [0.2, 0.25) is 0 Å². The molecule has 7 heteroatoms. The van der Waals surface area contributed by atoms with Crippen molar-refractivity contribution in [3.63, 3.8) is 0 Å². The SMILES string of the molecule is CCC(=O)C1=Cc2nc(NCC(C)C(=N)c3cccc(C)c3)nc(N3CCOCC3)c2C1C.[HH]. The third kappa shape index (κ3) is 4.83. The van der Waals surface area contributed by atoms with Crippen molar-refractivity contribution in [3.8, 4) is 0 Å². The minimum atomic E-state index is -0.0206. The first kappa shape index (κ1) is 23.1. The maximum Gasteiger partial charge on any atom is 0.225 e. The Kier molecular flexibility index (Phi) is 6.88. The fourth-order valence-corrected chi connectivity index (χ4v) is 4.49. The van der Waals surface area contributed by atoms with E-state index in [1.807, 2.05) is 51.1 Å². The van der Waals surface area contributed by atoms with Gasteiger partial charge in [0.1, 0.15) is 5.82 Å². The second-order valence-corrected chi connectivity index (χ2v) is 8.93. The lowest BCUT2D eigenvalue weighted by atomic mass is 9.95. The number of fused-ring (bicyclic) bond motifs is 1. The second-order valence-electron chi connectivity index (χ2n) is 8.93. The predicted molar refractivity (Wildman–Crippen MR) is 135 cm³/mol. The number of allylic oxidation sites excluding steroid dienone is 1. The van der Waals surface area contributed by atoms with Crippen LogP contribution in [0.25, 0.3) is 6.08 Å². The normalized spacial score (nSPS) is 18.5. The Labute approximate surface area is 197 Å². The van der Waals surface area contributed by atoms with E-state index in [0.717, 1.165) is 46.9 Å². The van der Waals surface area contributed by atoms with Crippen molar-refractivity contribution in [1.82, 2.24) is 9.97 Å². The van der Waals surface area contributed by atoms with E-state index >= 15 is 0 Å². The van der Waals surface area contributed by atoms with Crippen LogP contribution in [0.3, 0.4) is 0 Å². The van der Waals surface area contributed by atoms with Crippen LogP contribution >= 0.6 is 0 Å². The van der Waals surface area contributed by atoms with Crippen molar-refractivity contribution in [2.75, 3.05) is 43.1 Å². The first-order valence-corrected chi connectivity index (χ1v) is 11.8. The number of Topliss-reactive ketones (excluding diaryl/α,β-unsaturated/α-hetero) is 1. The maximum atomic E-state index is 12.5. The number of hydrogen-bond donors (Lipinski definition) is 2. The first-order chi connectivity index (χ1) is 15.9. The average Bonchev–Trinajstić information content (AvgIpc) is 3.17. The van der Waals surface area contributed by atoms with Crippen LogP contribution in [0.4, 0.5) is 11.8 Å². The summed E-state index contributed by atoms with van der Waals surface area (Å²) in [5, 5.41) is 12.0. The van der Waals surface area contributed by atoms with Crippen LogP contribution in [0.1, 0.15) is 56.9 Å². The molecule has 1 aliphatic heterocycles. The fourth-order valence-electron chi connectivity index (χ4n) is 4.49. The molecule has 1 aromatic heterocycles. The van der Waals surface area contributed by atoms with Gasteiger partial charge >= 0.3 is 0 Å². The molecule has 2 atom stereocenters. The topological polar surface area (TPSA) is 91.2 Å². The van der Waals surface area contributed by atoms with Crippen molar-refractivity contribution in [2.45, 2.75) is 40.0 Å². The third-order valence-electron chi connectivity index (χ3n) is 6.49. The molecule has 4 rings (SSSR count). The van der Waals surface area contributed by atoms with Gasteiger partial charge in [0.2, 0.25) is 5.95 Å². The summed E-state index contributed by atoms with van der Waals surface area (Å²) in [5.41, 5.74) is 5.33. The number of carbonyl (C=O) groups excluding carboxylic acids is 1. The highest BCUT2D eigenvalue weighted by atomic mass is 16.5. The van der Waals surface area contributed by atoms with E-state index in [2.05, 4.69) is 17.1 Å². The molecule has 1 aromatic carbocycles. The van der Waals surface area contributed by atoms with E-state index in [1.165, 1.54) is 0 Å². The third-order valence-corrected chi connectivity index (χ3v) is 6.49. The molecule has 2 aromatic rings. The van der Waals surface area contributed by atoms with E-state index in [1.54, 1.807) is 0 Å². The number of benzene rings is 1. The summed E-state index contributed by atoms with van der Waals surface area (Å²) in [4.78, 5) is 24.4. The molecule has 1 fully saturated rings. The van der Waals surface area contributed by atoms with Gasteiger partial charge in [-0.1, -0.05) is 50.6 Å². The number of carbonyl (C=O) groups is 1. The largest absolute Gasteiger partial charge is 0.378 e. The molecular weight excluding hydrogens is 414 g/mol. The molecule has 7 nitrogen and oxygen atoms in total. The molecule has 2 unspecified atom stereocenters. The average molecular weight is 450 g/mol. The van der Waals surface area contributed by atoms with E-state index in [0.29, 0.717) is 37.8 Å². The summed E-state index contributed by atoms with van der Waals surface area (Å²) in [6.45, 7) is 11.4. The Morgan fingerprint density at radius 3 is 2.79 bits per heavy atom. The molecule has 0 bridgehead atoms. The van der Waals surface area contributed by atoms with Crippen molar-refractivity contribution >= 4 is 29.3 Å². The highest BCUT2D eigenvalue weighted by Crippen LogP contribution is 2.41. The molecule has 0 amide bonds. The Bertz CT molecular complexity index is 1090. The Balaban J connectivity index is 0.00000324. The van der Waals surface area contributed by atoms with Gasteiger partial charge in [-0.25, -0.2) is 4.98 Å². The zero-order valence-electron chi connectivity index (χ0n) is 19.9. The lowest BCUT2D eigenvalue weighted by molar-refractivity contribution is -0.115. The number of nitrogens with zero attached hydrogens (tertiary/aromatic N) is 3. The van der Waals surface area contributed by atoms with Crippen LogP contribution in [-0.4, -0.2) is 54.3 Å². The smallest absolute Gasteiger partial charge is 0.225 e. The number of ether oxygens (including phenoxy) is 1. The predicted octanol–water partition coefficient (Wildman–Crippen LogP) is 4.46. The van der Waals surface area contributed by atoms with Gasteiger partial charge in [-0.3, -0.25) is 4.79 Å². The van der Waals surface area contributed by atoms with Gasteiger partial charge in [0.05, 0.1) is 18.9 Å². The number of aryl methyl sites for hydroxylation is 1. The van der Waals surface area contributed by atoms with Crippen LogP contribution in [0, 0.1) is 18.3 Å². The number of ketones is 1. The van der Waals surface area contributed by atoms with Gasteiger partial charge in [0.25, 0.3) is 0 Å². The summed E-state index contributed by atoms with van der Waals surface area (Å²) in [7, 11) is 0. The highest BCUT2D eigenvalue weighted by Gasteiger charge is 2.32. The molecule has 2 aliphatic rings. The van der Waals surface area contributed by atoms with Gasteiger partial charge in [0, 0.05) is 56.2 Å². The Morgan fingerprint density at radius 1 is 1.33 bits per heavy atom. The van der Waals surface area contributed by atoms with Crippen LogP contribution in [0.15, 0.2) is 29.8 Å². The summed E-state index contributed by atoms with van der Waals surface area (Å²) >= 11 is 0. The van der Waals surface area contributed by atoms with Crippen molar-refractivity contribution < 1.29 is 11.0 Å². The minimum absolute atomic E-state index is 0. The van der Waals surface area contributed by atoms with E-state index in [-0.39, 0.29) is 19.0 Å². The molecule has 1 saturated heterocycles. The number of hydrogen-bond acceptors (Lipinski definition) is 7. The van der Waals surface area contributed by atoms with Gasteiger partial charge in [-0.05, 0) is 18.6 Å². The second kappa shape index (κ2) is 9.83. The number of nitrogens with one attached hydrogen (secondary N) is 2. The zero-order chi connectivity index (χ0) is 23.5. The van der Waals surface area contributed by atoms with E-state index < -0.39 is 0 Å². The summed E-state index contributed by atoms with van der Waals surface area (Å²) < 4.78 is 5.54. The van der Waals surface area contributed by atoms with E-state index in [4.69, 9.17) is 20.1 Å². The van der Waals surface area contributed by atoms with Crippen LogP contribution in [-0.2, 0) is 9.53 Å². The molecule has 2 heterocycles. The Hall–Kier alpha value is -3.06. The van der Waals surface area contributed by atoms with Crippen molar-refractivity contribution in [2.24, 2.45) is 5.92 Å². The minimum Gasteiger partial charge on any atom is -0.378 e. The van der Waals surface area contributed by atoms with Crippen LogP contribution < -0.4 is 10.2 Å². The Morgan fingerprint density at radius 2 is 2.09 bits per heavy atom. The molecular formula is C26H35N5O2. The molecule has 0 saturated carbocycles. The lowest BCUT2D eigenvalue weighted by Gasteiger charge is -2.30. The summed E-state index contributed by atoms with van der Waals surface area (Å²) in [5.74, 6) is 1.54. The van der Waals surface area contributed by atoms with Crippen LogP contribution in [0.5, 0.6) is 0 Å². The summed E-state index contributed by atoms with van der Waals surface area (Å²) in [6, 6.07) is 8.05. The molecule has 176 valence electrons. The molecule has 0 radical (unpaired) electrons. The first-order valence-electron chi connectivity index (χ1n) is 11.8. The standard InChI is InChI=1S/C26H33N5O2.H2/c1-5-22(32)20-14-21-23(18(20)4)25(31-9-11-33-12-10-31)30-26(29-21)28-15-17(3)24(27)19-8-6-7-16(2)13-19;/h6-8,13-14,17-18,27H,5,9-12,15H2,1-4H3,(H,28,29,30);1H.